The fraction of sp³-hybridized carbons (Fsp3) is 0.462. The first kappa shape index (κ1) is 17.4. The van der Waals surface area contributed by atoms with Gasteiger partial charge in [-0.3, -0.25) is 4.79 Å². The molecule has 0 unspecified atom stereocenters. The van der Waals surface area contributed by atoms with E-state index in [4.69, 9.17) is 0 Å². The summed E-state index contributed by atoms with van der Waals surface area (Å²) in [6.07, 6.45) is 1.46. The molecule has 0 saturated heterocycles. The monoisotopic (exact) mass is 334 g/mol. The molecule has 102 valence electrons. The molecular formula is C13H20BrClN2O. The molecule has 1 aromatic carbocycles. The van der Waals surface area contributed by atoms with Gasteiger partial charge in [-0.2, -0.15) is 0 Å². The van der Waals surface area contributed by atoms with Crippen LogP contribution in [0.2, 0.25) is 0 Å². The van der Waals surface area contributed by atoms with Gasteiger partial charge in [0.25, 0.3) is 0 Å². The number of benzene rings is 1. The Hall–Kier alpha value is -0.580. The van der Waals surface area contributed by atoms with Crippen LogP contribution in [0.4, 0.5) is 0 Å². The van der Waals surface area contributed by atoms with Crippen LogP contribution in [-0.2, 0) is 11.2 Å². The molecular weight excluding hydrogens is 316 g/mol. The number of amides is 1. The van der Waals surface area contributed by atoms with Gasteiger partial charge in [-0.25, -0.2) is 0 Å². The summed E-state index contributed by atoms with van der Waals surface area (Å²) in [6.45, 7) is 1.51. The molecule has 1 N–H and O–H groups in total. The molecule has 0 heterocycles. The van der Waals surface area contributed by atoms with E-state index in [2.05, 4.69) is 33.4 Å². The number of halogens is 2. The first-order valence-electron chi connectivity index (χ1n) is 5.76. The van der Waals surface area contributed by atoms with Gasteiger partial charge in [0.2, 0.25) is 5.91 Å². The van der Waals surface area contributed by atoms with Gasteiger partial charge in [-0.05, 0) is 31.2 Å². The predicted octanol–water partition coefficient (Wildman–Crippen LogP) is 2.48. The van der Waals surface area contributed by atoms with Crippen molar-refractivity contribution in [2.45, 2.75) is 12.8 Å². The molecule has 0 spiro atoms. The molecule has 1 rings (SSSR count). The van der Waals surface area contributed by atoms with E-state index in [9.17, 15) is 4.79 Å². The number of rotatable bonds is 6. The van der Waals surface area contributed by atoms with Crippen LogP contribution in [0.25, 0.3) is 0 Å². The van der Waals surface area contributed by atoms with Crippen molar-refractivity contribution >= 4 is 34.2 Å². The molecule has 0 aliphatic rings. The van der Waals surface area contributed by atoms with E-state index in [1.807, 2.05) is 26.2 Å². The lowest BCUT2D eigenvalue weighted by Gasteiger charge is -2.17. The van der Waals surface area contributed by atoms with Gasteiger partial charge >= 0.3 is 0 Å². The van der Waals surface area contributed by atoms with Gasteiger partial charge in [0.1, 0.15) is 0 Å². The van der Waals surface area contributed by atoms with Gasteiger partial charge < -0.3 is 10.2 Å². The number of likely N-dealkylation sites (N-methyl/N-ethyl adjacent to an activating group) is 1. The fourth-order valence-corrected chi connectivity index (χ4v) is 1.76. The minimum absolute atomic E-state index is 0. The van der Waals surface area contributed by atoms with Crippen LogP contribution < -0.4 is 5.32 Å². The minimum atomic E-state index is 0. The molecule has 3 nitrogen and oxygen atoms in total. The minimum Gasteiger partial charge on any atom is -0.345 e. The first-order valence-corrected chi connectivity index (χ1v) is 6.56. The highest BCUT2D eigenvalue weighted by molar-refractivity contribution is 9.10. The highest BCUT2D eigenvalue weighted by Gasteiger charge is 2.07. The maximum Gasteiger partial charge on any atom is 0.223 e. The summed E-state index contributed by atoms with van der Waals surface area (Å²) in [5, 5.41) is 2.98. The van der Waals surface area contributed by atoms with Crippen LogP contribution in [-0.4, -0.2) is 38.0 Å². The highest BCUT2D eigenvalue weighted by atomic mass is 79.9. The Morgan fingerprint density at radius 2 is 1.94 bits per heavy atom. The summed E-state index contributed by atoms with van der Waals surface area (Å²) in [7, 11) is 3.71. The number of nitrogens with one attached hydrogen (secondary N) is 1. The number of carbonyl (C=O) groups excluding carboxylic acids is 1. The molecule has 1 aromatic rings. The summed E-state index contributed by atoms with van der Waals surface area (Å²) in [4.78, 5) is 13.4. The zero-order valence-electron chi connectivity index (χ0n) is 10.8. The fourth-order valence-electron chi connectivity index (χ4n) is 1.50. The SMILES string of the molecule is CNCCC(=O)N(C)CCc1ccc(Br)cc1.Cl. The topological polar surface area (TPSA) is 32.3 Å². The lowest BCUT2D eigenvalue weighted by Crippen LogP contribution is -2.30. The summed E-state index contributed by atoms with van der Waals surface area (Å²) < 4.78 is 1.08. The third-order valence-corrected chi connectivity index (χ3v) is 3.19. The quantitative estimate of drug-likeness (QED) is 0.866. The maximum atomic E-state index is 11.7. The number of carbonyl (C=O) groups is 1. The van der Waals surface area contributed by atoms with Gasteiger partial charge in [-0.15, -0.1) is 12.4 Å². The molecule has 1 amide bonds. The summed E-state index contributed by atoms with van der Waals surface area (Å²) >= 11 is 3.41. The van der Waals surface area contributed by atoms with Crippen molar-refractivity contribution < 1.29 is 4.79 Å². The van der Waals surface area contributed by atoms with E-state index in [1.54, 1.807) is 4.90 Å². The standard InChI is InChI=1S/C13H19BrN2O.ClH/c1-15-9-7-13(17)16(2)10-8-11-3-5-12(14)6-4-11;/h3-6,15H,7-10H2,1-2H3;1H. The van der Waals surface area contributed by atoms with Crippen molar-refractivity contribution in [3.63, 3.8) is 0 Å². The third-order valence-electron chi connectivity index (χ3n) is 2.66. The van der Waals surface area contributed by atoms with E-state index in [0.29, 0.717) is 6.42 Å². The van der Waals surface area contributed by atoms with Crippen LogP contribution in [0.1, 0.15) is 12.0 Å². The lowest BCUT2D eigenvalue weighted by atomic mass is 10.1. The second kappa shape index (κ2) is 9.36. The van der Waals surface area contributed by atoms with Gasteiger partial charge in [0, 0.05) is 31.0 Å². The molecule has 0 aliphatic heterocycles. The van der Waals surface area contributed by atoms with Crippen LogP contribution >= 0.6 is 28.3 Å². The van der Waals surface area contributed by atoms with Gasteiger partial charge in [-0.1, -0.05) is 28.1 Å². The van der Waals surface area contributed by atoms with E-state index < -0.39 is 0 Å². The summed E-state index contributed by atoms with van der Waals surface area (Å²) in [6, 6.07) is 8.21. The average Bonchev–Trinajstić information content (AvgIpc) is 2.34. The first-order chi connectivity index (χ1) is 8.13. The Balaban J connectivity index is 0.00000289. The molecule has 0 aliphatic carbocycles. The van der Waals surface area contributed by atoms with Crippen LogP contribution in [0, 0.1) is 0 Å². The number of nitrogens with zero attached hydrogens (tertiary/aromatic N) is 1. The van der Waals surface area contributed by atoms with Gasteiger partial charge in [0.05, 0.1) is 0 Å². The zero-order valence-corrected chi connectivity index (χ0v) is 13.2. The Bertz CT molecular complexity index is 357. The molecule has 18 heavy (non-hydrogen) atoms. The molecule has 0 radical (unpaired) electrons. The van der Waals surface area contributed by atoms with Crippen molar-refractivity contribution in [2.24, 2.45) is 0 Å². The molecule has 5 heteroatoms. The average molecular weight is 336 g/mol. The zero-order chi connectivity index (χ0) is 12.7. The summed E-state index contributed by atoms with van der Waals surface area (Å²) in [5.74, 6) is 0.191. The predicted molar refractivity (Wildman–Crippen MR) is 81.3 cm³/mol. The van der Waals surface area contributed by atoms with Crippen molar-refractivity contribution in [2.75, 3.05) is 27.2 Å². The normalized spacial score (nSPS) is 9.72. The van der Waals surface area contributed by atoms with Crippen LogP contribution in [0.15, 0.2) is 28.7 Å². The Labute approximate surface area is 123 Å². The molecule has 0 aromatic heterocycles. The Morgan fingerprint density at radius 1 is 1.33 bits per heavy atom. The van der Waals surface area contributed by atoms with Gasteiger partial charge in [0.15, 0.2) is 0 Å². The molecule has 0 atom stereocenters. The molecule has 0 bridgehead atoms. The Morgan fingerprint density at radius 3 is 2.50 bits per heavy atom. The van der Waals surface area contributed by atoms with Crippen molar-refractivity contribution in [1.29, 1.82) is 0 Å². The number of hydrogen-bond acceptors (Lipinski definition) is 2. The second-order valence-corrected chi connectivity index (χ2v) is 4.96. The third kappa shape index (κ3) is 6.38. The van der Waals surface area contributed by atoms with Crippen molar-refractivity contribution in [1.82, 2.24) is 10.2 Å². The van der Waals surface area contributed by atoms with Crippen molar-refractivity contribution in [3.8, 4) is 0 Å². The van der Waals surface area contributed by atoms with Crippen LogP contribution in [0.5, 0.6) is 0 Å². The van der Waals surface area contributed by atoms with E-state index in [0.717, 1.165) is 24.0 Å². The van der Waals surface area contributed by atoms with E-state index in [-0.39, 0.29) is 18.3 Å². The Kier molecular flexibility index (Phi) is 9.06. The lowest BCUT2D eigenvalue weighted by molar-refractivity contribution is -0.129. The van der Waals surface area contributed by atoms with E-state index in [1.165, 1.54) is 5.56 Å². The second-order valence-electron chi connectivity index (χ2n) is 4.05. The number of hydrogen-bond donors (Lipinski definition) is 1. The maximum absolute atomic E-state index is 11.7. The van der Waals surface area contributed by atoms with E-state index >= 15 is 0 Å². The summed E-state index contributed by atoms with van der Waals surface area (Å²) in [5.41, 5.74) is 1.25. The van der Waals surface area contributed by atoms with Crippen LogP contribution in [0.3, 0.4) is 0 Å². The molecule has 0 saturated carbocycles. The molecule has 0 fully saturated rings. The smallest absolute Gasteiger partial charge is 0.223 e. The highest BCUT2D eigenvalue weighted by Crippen LogP contribution is 2.11. The largest absolute Gasteiger partial charge is 0.345 e. The van der Waals surface area contributed by atoms with Crippen molar-refractivity contribution in [3.05, 3.63) is 34.3 Å².